The van der Waals surface area contributed by atoms with Crippen molar-refractivity contribution in [1.29, 1.82) is 0 Å². The second kappa shape index (κ2) is 2.55. The molecule has 1 aromatic rings. The van der Waals surface area contributed by atoms with Crippen molar-refractivity contribution in [3.63, 3.8) is 0 Å². The summed E-state index contributed by atoms with van der Waals surface area (Å²) in [6.07, 6.45) is 1.45. The van der Waals surface area contributed by atoms with Gasteiger partial charge in [0, 0.05) is 0 Å². The van der Waals surface area contributed by atoms with E-state index >= 15 is 0 Å². The molecule has 0 aliphatic carbocycles. The van der Waals surface area contributed by atoms with Crippen LogP contribution < -0.4 is 5.14 Å². The first kappa shape index (κ1) is 8.09. The largest absolute Gasteiger partial charge is 0.257 e. The van der Waals surface area contributed by atoms with Crippen LogP contribution in [0.4, 0.5) is 0 Å². The molecule has 0 aliphatic heterocycles. The summed E-state index contributed by atoms with van der Waals surface area (Å²) < 4.78 is 21.3. The molecule has 0 fully saturated rings. The zero-order valence-electron chi connectivity index (χ0n) is 5.85. The number of aromatic nitrogens is 2. The van der Waals surface area contributed by atoms with E-state index in [1.54, 1.807) is 6.92 Å². The molecule has 0 saturated carbocycles. The Hall–Kier alpha value is -1.01. The summed E-state index contributed by atoms with van der Waals surface area (Å²) in [5, 5.41) is 11.4. The number of hydrogen-bond donors (Lipinski definition) is 1. The summed E-state index contributed by atoms with van der Waals surface area (Å²) in [6, 6.07) is 1.36. The molecule has 1 heterocycles. The minimum absolute atomic E-state index is 0.197. The lowest BCUT2D eigenvalue weighted by Gasteiger charge is -1.94. The Morgan fingerprint density at radius 1 is 1.55 bits per heavy atom. The summed E-state index contributed by atoms with van der Waals surface area (Å²) in [4.78, 5) is 0. The molecular weight excluding hydrogens is 166 g/mol. The Labute approximate surface area is 64.3 Å². The summed E-state index contributed by atoms with van der Waals surface area (Å²) in [7, 11) is -3.70. The van der Waals surface area contributed by atoms with E-state index in [-0.39, 0.29) is 5.03 Å². The van der Waals surface area contributed by atoms with Gasteiger partial charge in [-0.05, 0) is 18.6 Å². The van der Waals surface area contributed by atoms with E-state index in [0.717, 1.165) is 0 Å². The first-order chi connectivity index (χ1) is 5.00. The van der Waals surface area contributed by atoms with Gasteiger partial charge in [-0.25, -0.2) is 13.6 Å². The van der Waals surface area contributed by atoms with Crippen molar-refractivity contribution in [2.75, 3.05) is 0 Å². The third-order valence-corrected chi connectivity index (χ3v) is 1.84. The van der Waals surface area contributed by atoms with Crippen LogP contribution in [0.1, 0.15) is 5.56 Å². The minimum atomic E-state index is -3.70. The highest BCUT2D eigenvalue weighted by atomic mass is 32.2. The van der Waals surface area contributed by atoms with E-state index in [9.17, 15) is 8.42 Å². The fourth-order valence-electron chi connectivity index (χ4n) is 0.577. The Balaban J connectivity index is 3.28. The average molecular weight is 173 g/mol. The first-order valence-corrected chi connectivity index (χ1v) is 4.37. The standard InChI is InChI=1S/C5H7N3O2S/c1-4-2-5(8-7-3-4)11(6,9)10/h2-3H,1H3,(H2,6,9,10). The van der Waals surface area contributed by atoms with Crippen molar-refractivity contribution in [1.82, 2.24) is 10.2 Å². The van der Waals surface area contributed by atoms with Gasteiger partial charge >= 0.3 is 0 Å². The molecule has 0 bridgehead atoms. The van der Waals surface area contributed by atoms with Gasteiger partial charge in [-0.3, -0.25) is 0 Å². The number of aryl methyl sites for hydroxylation is 1. The predicted octanol–water partition coefficient (Wildman–Crippen LogP) is -0.568. The quantitative estimate of drug-likeness (QED) is 0.616. The molecule has 0 atom stereocenters. The van der Waals surface area contributed by atoms with Crippen LogP contribution in [0.25, 0.3) is 0 Å². The third-order valence-electron chi connectivity index (χ3n) is 1.06. The maximum Gasteiger partial charge on any atom is 0.257 e. The van der Waals surface area contributed by atoms with Crippen molar-refractivity contribution in [2.24, 2.45) is 5.14 Å². The summed E-state index contributed by atoms with van der Waals surface area (Å²) >= 11 is 0. The van der Waals surface area contributed by atoms with Crippen LogP contribution in [0.15, 0.2) is 17.3 Å². The average Bonchev–Trinajstić information content (AvgIpc) is 1.86. The zero-order chi connectivity index (χ0) is 8.48. The molecule has 0 unspecified atom stereocenters. The molecule has 0 radical (unpaired) electrons. The van der Waals surface area contributed by atoms with Crippen LogP contribution in [0.3, 0.4) is 0 Å². The zero-order valence-corrected chi connectivity index (χ0v) is 6.67. The smallest absolute Gasteiger partial charge is 0.223 e. The molecule has 0 spiro atoms. The van der Waals surface area contributed by atoms with Crippen molar-refractivity contribution in [3.8, 4) is 0 Å². The fourth-order valence-corrected chi connectivity index (χ4v) is 1.09. The maximum atomic E-state index is 10.7. The molecule has 5 nitrogen and oxygen atoms in total. The van der Waals surface area contributed by atoms with Crippen LogP contribution in [0.2, 0.25) is 0 Å². The molecular formula is C5H7N3O2S. The van der Waals surface area contributed by atoms with E-state index in [0.29, 0.717) is 5.56 Å². The molecule has 0 aliphatic rings. The van der Waals surface area contributed by atoms with Gasteiger partial charge < -0.3 is 0 Å². The molecule has 60 valence electrons. The number of rotatable bonds is 1. The lowest BCUT2D eigenvalue weighted by Crippen LogP contribution is -2.14. The Bertz CT molecular complexity index is 360. The highest BCUT2D eigenvalue weighted by Crippen LogP contribution is 2.01. The summed E-state index contributed by atoms with van der Waals surface area (Å²) in [5.74, 6) is 0. The Kier molecular flexibility index (Phi) is 1.88. The lowest BCUT2D eigenvalue weighted by atomic mass is 10.4. The van der Waals surface area contributed by atoms with Crippen molar-refractivity contribution < 1.29 is 8.42 Å². The van der Waals surface area contributed by atoms with Crippen LogP contribution >= 0.6 is 0 Å². The molecule has 11 heavy (non-hydrogen) atoms. The van der Waals surface area contributed by atoms with E-state index < -0.39 is 10.0 Å². The van der Waals surface area contributed by atoms with E-state index in [1.165, 1.54) is 12.3 Å². The minimum Gasteiger partial charge on any atom is -0.223 e. The van der Waals surface area contributed by atoms with Gasteiger partial charge in [0.05, 0.1) is 6.20 Å². The van der Waals surface area contributed by atoms with E-state index in [2.05, 4.69) is 10.2 Å². The van der Waals surface area contributed by atoms with Crippen molar-refractivity contribution in [2.45, 2.75) is 11.9 Å². The topological polar surface area (TPSA) is 85.9 Å². The van der Waals surface area contributed by atoms with Crippen LogP contribution in [0.5, 0.6) is 0 Å². The van der Waals surface area contributed by atoms with Gasteiger partial charge in [0.25, 0.3) is 10.0 Å². The fraction of sp³-hybridized carbons (Fsp3) is 0.200. The number of primary sulfonamides is 1. The van der Waals surface area contributed by atoms with Crippen LogP contribution in [-0.4, -0.2) is 18.6 Å². The third kappa shape index (κ3) is 1.95. The van der Waals surface area contributed by atoms with Crippen LogP contribution in [-0.2, 0) is 10.0 Å². The van der Waals surface area contributed by atoms with Gasteiger partial charge in [0.15, 0.2) is 5.03 Å². The Morgan fingerprint density at radius 3 is 2.55 bits per heavy atom. The highest BCUT2D eigenvalue weighted by molar-refractivity contribution is 7.89. The van der Waals surface area contributed by atoms with E-state index in [1.807, 2.05) is 0 Å². The van der Waals surface area contributed by atoms with Gasteiger partial charge in [0.1, 0.15) is 0 Å². The molecule has 1 aromatic heterocycles. The summed E-state index contributed by atoms with van der Waals surface area (Å²) in [6.45, 7) is 1.71. The molecule has 1 rings (SSSR count). The number of sulfonamides is 1. The maximum absolute atomic E-state index is 10.7. The van der Waals surface area contributed by atoms with Crippen LogP contribution in [0, 0.1) is 6.92 Å². The predicted molar refractivity (Wildman–Crippen MR) is 38.1 cm³/mol. The highest BCUT2D eigenvalue weighted by Gasteiger charge is 2.08. The monoisotopic (exact) mass is 173 g/mol. The molecule has 0 amide bonds. The van der Waals surface area contributed by atoms with Gasteiger partial charge in [-0.15, -0.1) is 5.10 Å². The van der Waals surface area contributed by atoms with Crippen molar-refractivity contribution >= 4 is 10.0 Å². The molecule has 6 heteroatoms. The van der Waals surface area contributed by atoms with Gasteiger partial charge in [0.2, 0.25) is 0 Å². The first-order valence-electron chi connectivity index (χ1n) is 2.82. The second-order valence-electron chi connectivity index (χ2n) is 2.12. The normalized spacial score (nSPS) is 11.5. The van der Waals surface area contributed by atoms with Gasteiger partial charge in [-0.1, -0.05) is 0 Å². The number of nitrogens with zero attached hydrogens (tertiary/aromatic N) is 2. The number of hydrogen-bond acceptors (Lipinski definition) is 4. The van der Waals surface area contributed by atoms with Crippen molar-refractivity contribution in [3.05, 3.63) is 17.8 Å². The molecule has 0 saturated heterocycles. The molecule has 0 aromatic carbocycles. The lowest BCUT2D eigenvalue weighted by molar-refractivity contribution is 0.591. The SMILES string of the molecule is Cc1cnnc(S(N)(=O)=O)c1. The Morgan fingerprint density at radius 2 is 2.18 bits per heavy atom. The second-order valence-corrected chi connectivity index (χ2v) is 3.62. The van der Waals surface area contributed by atoms with Gasteiger partial charge in [-0.2, -0.15) is 5.10 Å². The molecule has 2 N–H and O–H groups in total. The summed E-state index contributed by atoms with van der Waals surface area (Å²) in [5.41, 5.74) is 0.712. The van der Waals surface area contributed by atoms with E-state index in [4.69, 9.17) is 5.14 Å². The number of nitrogens with two attached hydrogens (primary N) is 1.